The Bertz CT molecular complexity index is 2320. The van der Waals surface area contributed by atoms with Gasteiger partial charge in [-0.25, -0.2) is 18.2 Å². The van der Waals surface area contributed by atoms with Crippen molar-refractivity contribution in [3.05, 3.63) is 54.6 Å². The fourth-order valence-electron chi connectivity index (χ4n) is 9.84. The van der Waals surface area contributed by atoms with Gasteiger partial charge in [-0.1, -0.05) is 57.4 Å². The lowest BCUT2D eigenvalue weighted by atomic mass is 9.83. The first-order valence-electron chi connectivity index (χ1n) is 21.5. The first-order valence-corrected chi connectivity index (χ1v) is 23.1. The van der Waals surface area contributed by atoms with Gasteiger partial charge >= 0.3 is 6.03 Å². The third-order valence-electron chi connectivity index (χ3n) is 13.4. The van der Waals surface area contributed by atoms with Gasteiger partial charge in [-0.15, -0.1) is 6.58 Å². The van der Waals surface area contributed by atoms with Gasteiger partial charge in [-0.3, -0.25) is 19.1 Å². The quantitative estimate of drug-likeness (QED) is 0.199. The number of hydrogen-bond donors (Lipinski definition) is 3. The number of para-hydroxylation sites is 1. The number of urea groups is 1. The molecule has 4 bridgehead atoms. The molecule has 2 aliphatic heterocycles. The summed E-state index contributed by atoms with van der Waals surface area (Å²) in [5, 5.41) is 7.97. The molecule has 5 atom stereocenters. The van der Waals surface area contributed by atoms with Crippen LogP contribution in [0.2, 0.25) is 0 Å². The molecule has 322 valence electrons. The van der Waals surface area contributed by atoms with Crippen LogP contribution in [-0.4, -0.2) is 103 Å². The van der Waals surface area contributed by atoms with E-state index in [1.54, 1.807) is 19.1 Å². The minimum absolute atomic E-state index is 0.0119. The summed E-state index contributed by atoms with van der Waals surface area (Å²) in [5.74, 6) is -1.37. The van der Waals surface area contributed by atoms with Gasteiger partial charge in [-0.2, -0.15) is 0 Å². The molecule has 0 radical (unpaired) electrons. The maximum atomic E-state index is 15.1. The van der Waals surface area contributed by atoms with Gasteiger partial charge in [0.2, 0.25) is 27.7 Å². The number of sulfonamides is 1. The van der Waals surface area contributed by atoms with Gasteiger partial charge in [0.15, 0.2) is 0 Å². The van der Waals surface area contributed by atoms with E-state index in [1.807, 2.05) is 30.3 Å². The lowest BCUT2D eigenvalue weighted by molar-refractivity contribution is -0.142. The van der Waals surface area contributed by atoms with Crippen molar-refractivity contribution in [3.8, 4) is 11.6 Å². The number of hydrogen-bond acceptors (Lipinski definition) is 9. The standard InChI is InChI=1S/C45H58N6O8S/c1-6-29-24-45(29,42(54)49-60(56,57)31-18-19-31)48-39(52)36-22-30-25-51(36)41(53)38(27-13-8-7-9-14-27)47-43(55)50(4)26-44(2,3)20-12-15-28-21-34-33(23-37(28)58-5)32-16-10-11-17-35(32)46-40(34)59-30/h6,10-11,16-17,21,23,27,29-31,36,38H,1,7-9,12-15,18-20,22,24-26H2,2-5H3,(H,47,55)(H,48,52)(H,49,54)/t29-,30-,36+,38+,45-/m1/s1. The molecule has 5 amide bonds. The molecule has 3 aliphatic carbocycles. The van der Waals surface area contributed by atoms with Gasteiger partial charge in [0, 0.05) is 42.1 Å². The molecule has 0 spiro atoms. The van der Waals surface area contributed by atoms with Crippen molar-refractivity contribution in [3.63, 3.8) is 0 Å². The van der Waals surface area contributed by atoms with E-state index in [-0.39, 0.29) is 36.8 Å². The summed E-state index contributed by atoms with van der Waals surface area (Å²) in [5.41, 5.74) is -0.102. The fourth-order valence-corrected chi connectivity index (χ4v) is 11.2. The van der Waals surface area contributed by atoms with Gasteiger partial charge in [0.1, 0.15) is 29.5 Å². The van der Waals surface area contributed by atoms with Crippen LogP contribution in [0.3, 0.4) is 0 Å². The van der Waals surface area contributed by atoms with Gasteiger partial charge < -0.3 is 29.9 Å². The Morgan fingerprint density at radius 2 is 1.78 bits per heavy atom. The zero-order valence-electron chi connectivity index (χ0n) is 35.1. The topological polar surface area (TPSA) is 176 Å². The highest BCUT2D eigenvalue weighted by atomic mass is 32.2. The molecule has 2 aromatic carbocycles. The molecular weight excluding hydrogens is 785 g/mol. The SMILES string of the molecule is C=C[C@@H]1C[C@]1(NC(=O)[C@@H]1C[C@@H]2CN1C(=O)[C@H](C1CCCCC1)NC(=O)N(C)CC(C)(C)CCCc1cc3c(nc4ccccc4c3cc1OC)O2)C(=O)NS(=O)(=O)C1CC1. The number of rotatable bonds is 8. The third-order valence-corrected chi connectivity index (χ3v) is 15.2. The number of ether oxygens (including phenoxy) is 2. The first kappa shape index (κ1) is 41.8. The van der Waals surface area contributed by atoms with Crippen molar-refractivity contribution >= 4 is 55.5 Å². The average molecular weight is 843 g/mol. The molecule has 8 rings (SSSR count). The summed E-state index contributed by atoms with van der Waals surface area (Å²) in [4.78, 5) is 65.7. The molecule has 15 heteroatoms. The molecule has 1 aromatic heterocycles. The van der Waals surface area contributed by atoms with Crippen molar-refractivity contribution in [2.45, 2.75) is 120 Å². The molecule has 0 unspecified atom stereocenters. The fraction of sp³-hybridized carbons (Fsp3) is 0.578. The van der Waals surface area contributed by atoms with Gasteiger partial charge in [0.05, 0.1) is 24.4 Å². The Kier molecular flexibility index (Phi) is 11.3. The number of methoxy groups -OCH3 is 1. The van der Waals surface area contributed by atoms with Crippen molar-refractivity contribution in [1.29, 1.82) is 0 Å². The van der Waals surface area contributed by atoms with Crippen LogP contribution in [0.4, 0.5) is 4.79 Å². The number of aryl methyl sites for hydroxylation is 1. The highest BCUT2D eigenvalue weighted by Crippen LogP contribution is 2.46. The minimum Gasteiger partial charge on any atom is -0.496 e. The number of pyridine rings is 1. The van der Waals surface area contributed by atoms with Crippen LogP contribution in [0.15, 0.2) is 49.1 Å². The third kappa shape index (κ3) is 8.25. The van der Waals surface area contributed by atoms with E-state index in [1.165, 1.54) is 11.0 Å². The van der Waals surface area contributed by atoms with Gasteiger partial charge in [0.25, 0.3) is 5.91 Å². The number of nitrogens with zero attached hydrogens (tertiary/aromatic N) is 3. The lowest BCUT2D eigenvalue weighted by Crippen LogP contribution is -2.60. The molecule has 4 fully saturated rings. The van der Waals surface area contributed by atoms with Crippen LogP contribution in [0.25, 0.3) is 21.7 Å². The number of benzene rings is 2. The summed E-state index contributed by atoms with van der Waals surface area (Å²) in [6, 6.07) is 9.51. The maximum absolute atomic E-state index is 15.1. The molecule has 3 aromatic rings. The summed E-state index contributed by atoms with van der Waals surface area (Å²) in [6.45, 7) is 8.58. The summed E-state index contributed by atoms with van der Waals surface area (Å²) in [7, 11) is -0.494. The highest BCUT2D eigenvalue weighted by Gasteiger charge is 2.62. The normalized spacial score (nSPS) is 27.7. The largest absolute Gasteiger partial charge is 0.496 e. The van der Waals surface area contributed by atoms with Crippen LogP contribution in [0.5, 0.6) is 11.6 Å². The number of fused-ring (bicyclic) bond motifs is 5. The molecule has 1 saturated heterocycles. The zero-order chi connectivity index (χ0) is 42.6. The molecule has 3 N–H and O–H groups in total. The van der Waals surface area contributed by atoms with E-state index < -0.39 is 62.6 Å². The molecule has 14 nitrogen and oxygen atoms in total. The van der Waals surface area contributed by atoms with Crippen LogP contribution >= 0.6 is 0 Å². The van der Waals surface area contributed by atoms with Crippen molar-refractivity contribution in [1.82, 2.24) is 30.1 Å². The number of amides is 5. The van der Waals surface area contributed by atoms with Crippen LogP contribution < -0.4 is 24.8 Å². The number of nitrogens with one attached hydrogen (secondary N) is 3. The Morgan fingerprint density at radius 1 is 1.03 bits per heavy atom. The average Bonchev–Trinajstić information content (AvgIpc) is 4.16. The lowest BCUT2D eigenvalue weighted by Gasteiger charge is -2.36. The summed E-state index contributed by atoms with van der Waals surface area (Å²) >= 11 is 0. The molecular formula is C45H58N6O8S. The molecule has 60 heavy (non-hydrogen) atoms. The summed E-state index contributed by atoms with van der Waals surface area (Å²) in [6.07, 6.45) is 8.73. The smallest absolute Gasteiger partial charge is 0.317 e. The van der Waals surface area contributed by atoms with Crippen LogP contribution in [-0.2, 0) is 30.8 Å². The number of carbonyl (C=O) groups excluding carboxylic acids is 4. The molecule has 3 saturated carbocycles. The zero-order valence-corrected chi connectivity index (χ0v) is 35.9. The van der Waals surface area contributed by atoms with Gasteiger partial charge in [-0.05, 0) is 86.5 Å². The second-order valence-corrected chi connectivity index (χ2v) is 20.5. The van der Waals surface area contributed by atoms with E-state index in [0.29, 0.717) is 37.2 Å². The maximum Gasteiger partial charge on any atom is 0.317 e. The van der Waals surface area contributed by atoms with E-state index in [9.17, 15) is 22.8 Å². The predicted molar refractivity (Wildman–Crippen MR) is 228 cm³/mol. The Balaban J connectivity index is 1.20. The van der Waals surface area contributed by atoms with Crippen molar-refractivity contribution < 1.29 is 37.1 Å². The highest BCUT2D eigenvalue weighted by molar-refractivity contribution is 7.91. The van der Waals surface area contributed by atoms with E-state index in [2.05, 4.69) is 41.8 Å². The summed E-state index contributed by atoms with van der Waals surface area (Å²) < 4.78 is 40.7. The number of carbonyl (C=O) groups is 4. The second-order valence-electron chi connectivity index (χ2n) is 18.5. The second kappa shape index (κ2) is 16.2. The minimum atomic E-state index is -3.91. The molecule has 3 heterocycles. The Hall–Kier alpha value is -4.92. The monoisotopic (exact) mass is 842 g/mol. The molecule has 5 aliphatic rings. The first-order chi connectivity index (χ1) is 28.6. The van der Waals surface area contributed by atoms with Crippen LogP contribution in [0, 0.1) is 17.3 Å². The number of aromatic nitrogens is 1. The Labute approximate surface area is 352 Å². The van der Waals surface area contributed by atoms with Crippen molar-refractivity contribution in [2.75, 3.05) is 27.2 Å². The van der Waals surface area contributed by atoms with E-state index >= 15 is 4.79 Å². The van der Waals surface area contributed by atoms with E-state index in [4.69, 9.17) is 14.5 Å². The Morgan fingerprint density at radius 3 is 2.48 bits per heavy atom. The predicted octanol–water partition coefficient (Wildman–Crippen LogP) is 5.37. The van der Waals surface area contributed by atoms with Crippen molar-refractivity contribution in [2.24, 2.45) is 17.3 Å². The van der Waals surface area contributed by atoms with Crippen LogP contribution in [0.1, 0.15) is 90.0 Å². The van der Waals surface area contributed by atoms with E-state index in [0.717, 1.165) is 72.4 Å².